The van der Waals surface area contributed by atoms with Gasteiger partial charge in [-0.15, -0.1) is 0 Å². The lowest BCUT2D eigenvalue weighted by molar-refractivity contribution is -0.129. The van der Waals surface area contributed by atoms with Crippen molar-refractivity contribution >= 4 is 11.9 Å². The fourth-order valence-corrected chi connectivity index (χ4v) is 1.49. The zero-order valence-electron chi connectivity index (χ0n) is 11.5. The molecule has 3 amide bonds. The Bertz CT molecular complexity index is 478. The summed E-state index contributed by atoms with van der Waals surface area (Å²) >= 11 is 0. The van der Waals surface area contributed by atoms with E-state index in [4.69, 9.17) is 9.68 Å². The van der Waals surface area contributed by atoms with Crippen molar-refractivity contribution in [2.45, 2.75) is 13.5 Å². The van der Waals surface area contributed by atoms with Crippen molar-refractivity contribution in [3.05, 3.63) is 24.2 Å². The van der Waals surface area contributed by atoms with Crippen LogP contribution in [0.4, 0.5) is 4.79 Å². The van der Waals surface area contributed by atoms with Gasteiger partial charge < -0.3 is 20.0 Å². The first-order chi connectivity index (χ1) is 9.52. The number of hydrogen-bond acceptors (Lipinski definition) is 4. The predicted molar refractivity (Wildman–Crippen MR) is 71.4 cm³/mol. The van der Waals surface area contributed by atoms with Crippen LogP contribution >= 0.6 is 0 Å². The van der Waals surface area contributed by atoms with Crippen molar-refractivity contribution in [3.8, 4) is 6.07 Å². The van der Waals surface area contributed by atoms with E-state index >= 15 is 0 Å². The van der Waals surface area contributed by atoms with Crippen LogP contribution in [0.5, 0.6) is 0 Å². The molecule has 0 fully saturated rings. The minimum atomic E-state index is -0.448. The van der Waals surface area contributed by atoms with Crippen LogP contribution in [0.3, 0.4) is 0 Å². The van der Waals surface area contributed by atoms with Gasteiger partial charge in [-0.2, -0.15) is 5.26 Å². The highest BCUT2D eigenvalue weighted by Crippen LogP contribution is 1.98. The fraction of sp³-hybridized carbons (Fsp3) is 0.462. The van der Waals surface area contributed by atoms with Gasteiger partial charge in [0.05, 0.1) is 31.3 Å². The van der Waals surface area contributed by atoms with Gasteiger partial charge in [-0.25, -0.2) is 4.79 Å². The Labute approximate surface area is 117 Å². The number of nitrogens with zero attached hydrogens (tertiary/aromatic N) is 2. The number of carbonyl (C=O) groups excluding carboxylic acids is 2. The molecule has 1 aromatic rings. The van der Waals surface area contributed by atoms with Crippen LogP contribution in [-0.4, -0.2) is 37.0 Å². The SMILES string of the molecule is C[C@H](C#N)CN(C)C(=O)CNC(=O)NCc1ccco1. The Morgan fingerprint density at radius 1 is 1.50 bits per heavy atom. The number of amides is 3. The van der Waals surface area contributed by atoms with Gasteiger partial charge in [0.2, 0.25) is 5.91 Å². The summed E-state index contributed by atoms with van der Waals surface area (Å²) in [6.07, 6.45) is 1.52. The molecule has 1 atom stereocenters. The van der Waals surface area contributed by atoms with E-state index in [-0.39, 0.29) is 24.9 Å². The zero-order valence-corrected chi connectivity index (χ0v) is 11.5. The molecule has 1 rings (SSSR count). The lowest BCUT2D eigenvalue weighted by Crippen LogP contribution is -2.43. The van der Waals surface area contributed by atoms with Crippen LogP contribution in [0, 0.1) is 17.2 Å². The maximum absolute atomic E-state index is 11.7. The number of hydrogen-bond donors (Lipinski definition) is 2. The third-order valence-corrected chi connectivity index (χ3v) is 2.60. The summed E-state index contributed by atoms with van der Waals surface area (Å²) < 4.78 is 5.06. The van der Waals surface area contributed by atoms with Gasteiger partial charge in [0.25, 0.3) is 0 Å². The third-order valence-electron chi connectivity index (χ3n) is 2.60. The Balaban J connectivity index is 2.23. The van der Waals surface area contributed by atoms with Gasteiger partial charge in [-0.05, 0) is 19.1 Å². The molecule has 7 heteroatoms. The van der Waals surface area contributed by atoms with Crippen molar-refractivity contribution < 1.29 is 14.0 Å². The molecule has 1 aromatic heterocycles. The van der Waals surface area contributed by atoms with E-state index in [1.807, 2.05) is 6.07 Å². The average Bonchev–Trinajstić information content (AvgIpc) is 2.95. The van der Waals surface area contributed by atoms with Crippen molar-refractivity contribution in [3.63, 3.8) is 0 Å². The standard InChI is InChI=1S/C13H18N4O3/c1-10(6-14)9-17(2)12(18)8-16-13(19)15-7-11-4-3-5-20-11/h3-5,10H,7-9H2,1-2H3,(H2,15,16,19)/t10-/m1/s1. The second kappa shape index (κ2) is 7.84. The quantitative estimate of drug-likeness (QED) is 0.800. The molecule has 0 aromatic carbocycles. The van der Waals surface area contributed by atoms with Crippen LogP contribution in [0.25, 0.3) is 0 Å². The molecule has 0 radical (unpaired) electrons. The monoisotopic (exact) mass is 278 g/mol. The fourth-order valence-electron chi connectivity index (χ4n) is 1.49. The molecule has 20 heavy (non-hydrogen) atoms. The number of nitrogens with one attached hydrogen (secondary N) is 2. The van der Waals surface area contributed by atoms with Crippen molar-refractivity contribution in [2.75, 3.05) is 20.1 Å². The van der Waals surface area contributed by atoms with Gasteiger partial charge in [0.1, 0.15) is 5.76 Å². The van der Waals surface area contributed by atoms with Crippen LogP contribution in [0.2, 0.25) is 0 Å². The topological polar surface area (TPSA) is 98.4 Å². The van der Waals surface area contributed by atoms with E-state index in [9.17, 15) is 9.59 Å². The van der Waals surface area contributed by atoms with Gasteiger partial charge in [-0.1, -0.05) is 0 Å². The zero-order chi connectivity index (χ0) is 15.0. The number of rotatable bonds is 6. The molecule has 0 aliphatic carbocycles. The van der Waals surface area contributed by atoms with E-state index in [0.717, 1.165) is 0 Å². The second-order valence-electron chi connectivity index (χ2n) is 4.42. The van der Waals surface area contributed by atoms with Crippen molar-refractivity contribution in [2.24, 2.45) is 5.92 Å². The number of carbonyl (C=O) groups is 2. The molecule has 108 valence electrons. The minimum absolute atomic E-state index is 0.112. The summed E-state index contributed by atoms with van der Waals surface area (Å²) in [5, 5.41) is 13.7. The predicted octanol–water partition coefficient (Wildman–Crippen LogP) is 0.697. The summed E-state index contributed by atoms with van der Waals surface area (Å²) in [5.74, 6) is 0.142. The molecule has 0 bridgehead atoms. The molecular weight excluding hydrogens is 260 g/mol. The molecule has 1 heterocycles. The maximum Gasteiger partial charge on any atom is 0.315 e. The smallest absolute Gasteiger partial charge is 0.315 e. The van der Waals surface area contributed by atoms with Crippen LogP contribution in [0.1, 0.15) is 12.7 Å². The molecule has 0 saturated heterocycles. The lowest BCUT2D eigenvalue weighted by atomic mass is 10.2. The molecule has 0 aliphatic heterocycles. The average molecular weight is 278 g/mol. The number of likely N-dealkylation sites (N-methyl/N-ethyl adjacent to an activating group) is 1. The minimum Gasteiger partial charge on any atom is -0.467 e. The third kappa shape index (κ3) is 5.44. The van der Waals surface area contributed by atoms with Crippen molar-refractivity contribution in [1.29, 1.82) is 5.26 Å². The Morgan fingerprint density at radius 2 is 2.25 bits per heavy atom. The number of urea groups is 1. The summed E-state index contributed by atoms with van der Waals surface area (Å²) in [4.78, 5) is 24.6. The maximum atomic E-state index is 11.7. The molecular formula is C13H18N4O3. The van der Waals surface area contributed by atoms with Crippen molar-refractivity contribution in [1.82, 2.24) is 15.5 Å². The molecule has 2 N–H and O–H groups in total. The highest BCUT2D eigenvalue weighted by Gasteiger charge is 2.13. The molecule has 0 unspecified atom stereocenters. The van der Waals surface area contributed by atoms with Gasteiger partial charge in [-0.3, -0.25) is 4.79 Å². The van der Waals surface area contributed by atoms with Gasteiger partial charge >= 0.3 is 6.03 Å². The van der Waals surface area contributed by atoms with E-state index in [2.05, 4.69) is 10.6 Å². The number of nitriles is 1. The van der Waals surface area contributed by atoms with E-state index in [0.29, 0.717) is 12.3 Å². The molecule has 7 nitrogen and oxygen atoms in total. The second-order valence-corrected chi connectivity index (χ2v) is 4.42. The summed E-state index contributed by atoms with van der Waals surface area (Å²) in [6, 6.07) is 5.06. The first-order valence-electron chi connectivity index (χ1n) is 6.20. The lowest BCUT2D eigenvalue weighted by Gasteiger charge is -2.18. The highest BCUT2D eigenvalue weighted by molar-refractivity contribution is 5.83. The van der Waals surface area contributed by atoms with Gasteiger partial charge in [0.15, 0.2) is 0 Å². The Kier molecular flexibility index (Phi) is 6.10. The Hall–Kier alpha value is -2.49. The van der Waals surface area contributed by atoms with Crippen LogP contribution < -0.4 is 10.6 Å². The first kappa shape index (κ1) is 15.6. The highest BCUT2D eigenvalue weighted by atomic mass is 16.3. The summed E-state index contributed by atoms with van der Waals surface area (Å²) in [6.45, 7) is 2.21. The first-order valence-corrected chi connectivity index (χ1v) is 6.20. The summed E-state index contributed by atoms with van der Waals surface area (Å²) in [7, 11) is 1.60. The van der Waals surface area contributed by atoms with E-state index in [1.54, 1.807) is 26.1 Å². The summed E-state index contributed by atoms with van der Waals surface area (Å²) in [5.41, 5.74) is 0. The normalized spacial score (nSPS) is 11.2. The van der Waals surface area contributed by atoms with Gasteiger partial charge in [0, 0.05) is 13.6 Å². The molecule has 0 saturated carbocycles. The Morgan fingerprint density at radius 3 is 2.85 bits per heavy atom. The largest absolute Gasteiger partial charge is 0.467 e. The van der Waals surface area contributed by atoms with Crippen LogP contribution in [0.15, 0.2) is 22.8 Å². The molecule has 0 spiro atoms. The van der Waals surface area contributed by atoms with E-state index < -0.39 is 6.03 Å². The number of furan rings is 1. The van der Waals surface area contributed by atoms with Crippen LogP contribution in [-0.2, 0) is 11.3 Å². The van der Waals surface area contributed by atoms with E-state index in [1.165, 1.54) is 11.2 Å². The molecule has 0 aliphatic rings.